The molecule has 4 aliphatic rings. The molecule has 2 N–H and O–H groups in total. The summed E-state index contributed by atoms with van der Waals surface area (Å²) in [6, 6.07) is -1.47. The Hall–Kier alpha value is -1.93. The SMILES string of the molecule is C=CCN(C(=O)C1N([C@H](C)CO)C(=O)[C@@H]2[C@H](C(=O)O)[C@]3(CC)CCC12O3)C1CCCCC1. The smallest absolute Gasteiger partial charge is 0.310 e. The largest absolute Gasteiger partial charge is 0.481 e. The van der Waals surface area contributed by atoms with E-state index in [0.29, 0.717) is 25.8 Å². The van der Waals surface area contributed by atoms with Crippen molar-refractivity contribution in [3.05, 3.63) is 12.7 Å². The number of rotatable bonds is 8. The molecule has 0 aromatic rings. The first kappa shape index (κ1) is 23.2. The highest BCUT2D eigenvalue weighted by Gasteiger charge is 2.79. The summed E-state index contributed by atoms with van der Waals surface area (Å²) in [5.41, 5.74) is -2.09. The highest BCUT2D eigenvalue weighted by atomic mass is 16.5. The Morgan fingerprint density at radius 3 is 2.56 bits per heavy atom. The van der Waals surface area contributed by atoms with Gasteiger partial charge in [0.25, 0.3) is 0 Å². The fraction of sp³-hybridized carbons (Fsp3) is 0.792. The zero-order valence-corrected chi connectivity index (χ0v) is 19.2. The highest BCUT2D eigenvalue weighted by Crippen LogP contribution is 2.64. The molecular weight excluding hydrogens is 412 g/mol. The molecule has 1 saturated carbocycles. The minimum atomic E-state index is -1.16. The molecular formula is C24H36N2O6. The van der Waals surface area contributed by atoms with Crippen molar-refractivity contribution in [3.63, 3.8) is 0 Å². The number of nitrogens with zero attached hydrogens (tertiary/aromatic N) is 2. The topological polar surface area (TPSA) is 107 Å². The van der Waals surface area contributed by atoms with Gasteiger partial charge in [-0.15, -0.1) is 6.58 Å². The Labute approximate surface area is 189 Å². The van der Waals surface area contributed by atoms with E-state index >= 15 is 0 Å². The third kappa shape index (κ3) is 3.13. The quantitative estimate of drug-likeness (QED) is 0.550. The van der Waals surface area contributed by atoms with Crippen molar-refractivity contribution in [1.82, 2.24) is 9.80 Å². The predicted octanol–water partition coefficient (Wildman–Crippen LogP) is 1.95. The van der Waals surface area contributed by atoms with Crippen molar-refractivity contribution in [1.29, 1.82) is 0 Å². The number of aliphatic hydroxyl groups is 1. The van der Waals surface area contributed by atoms with Crippen LogP contribution >= 0.6 is 0 Å². The summed E-state index contributed by atoms with van der Waals surface area (Å²) in [5, 5.41) is 20.0. The highest BCUT2D eigenvalue weighted by molar-refractivity contribution is 5.98. The maximum atomic E-state index is 14.2. The minimum absolute atomic E-state index is 0.0695. The summed E-state index contributed by atoms with van der Waals surface area (Å²) in [5.74, 6) is -3.52. The van der Waals surface area contributed by atoms with E-state index in [2.05, 4.69) is 6.58 Å². The molecule has 4 fully saturated rings. The lowest BCUT2D eigenvalue weighted by molar-refractivity contribution is -0.160. The molecule has 6 atom stereocenters. The third-order valence-corrected chi connectivity index (χ3v) is 8.48. The normalized spacial score (nSPS) is 37.4. The van der Waals surface area contributed by atoms with Crippen LogP contribution in [0.2, 0.25) is 0 Å². The Bertz CT molecular complexity index is 795. The second-order valence-electron chi connectivity index (χ2n) is 10.0. The number of aliphatic hydroxyl groups excluding tert-OH is 1. The van der Waals surface area contributed by atoms with Crippen LogP contribution in [0.4, 0.5) is 0 Å². The Kier molecular flexibility index (Phi) is 6.13. The average Bonchev–Trinajstić information content (AvgIpc) is 3.40. The van der Waals surface area contributed by atoms with Gasteiger partial charge in [-0.1, -0.05) is 32.3 Å². The first-order valence-corrected chi connectivity index (χ1v) is 12.1. The molecule has 8 nitrogen and oxygen atoms in total. The zero-order chi connectivity index (χ0) is 23.3. The summed E-state index contributed by atoms with van der Waals surface area (Å²) in [4.78, 5) is 43.5. The van der Waals surface area contributed by atoms with Crippen LogP contribution < -0.4 is 0 Å². The van der Waals surface area contributed by atoms with Crippen LogP contribution in [0.5, 0.6) is 0 Å². The fourth-order valence-corrected chi connectivity index (χ4v) is 6.98. The van der Waals surface area contributed by atoms with E-state index in [1.807, 2.05) is 11.8 Å². The van der Waals surface area contributed by atoms with Crippen molar-refractivity contribution in [2.75, 3.05) is 13.2 Å². The standard InChI is InChI=1S/C24H36N2O6/c1-4-13-25(16-9-7-6-8-10-16)21(29)19-24-12-11-23(5-2,32-24)18(22(30)31)17(24)20(28)26(19)15(3)14-27/h4,15-19,27H,1,5-14H2,2-3H3,(H,30,31)/t15-,17+,18-,19?,23+,24?/m1/s1. The van der Waals surface area contributed by atoms with Crippen molar-refractivity contribution < 1.29 is 29.3 Å². The number of carboxylic acid groups (broad SMARTS) is 1. The third-order valence-electron chi connectivity index (χ3n) is 8.48. The molecule has 0 aromatic heterocycles. The number of carbonyl (C=O) groups is 3. The van der Waals surface area contributed by atoms with E-state index in [4.69, 9.17) is 4.74 Å². The molecule has 0 radical (unpaired) electrons. The van der Waals surface area contributed by atoms with E-state index in [1.165, 1.54) is 4.90 Å². The molecule has 4 rings (SSSR count). The van der Waals surface area contributed by atoms with Crippen LogP contribution in [0.15, 0.2) is 12.7 Å². The number of carboxylic acids is 1. The van der Waals surface area contributed by atoms with Gasteiger partial charge >= 0.3 is 5.97 Å². The van der Waals surface area contributed by atoms with Crippen LogP contribution in [0.1, 0.15) is 65.2 Å². The van der Waals surface area contributed by atoms with Gasteiger partial charge in [0, 0.05) is 12.6 Å². The van der Waals surface area contributed by atoms with Gasteiger partial charge in [-0.2, -0.15) is 0 Å². The molecule has 178 valence electrons. The van der Waals surface area contributed by atoms with Crippen molar-refractivity contribution >= 4 is 17.8 Å². The number of likely N-dealkylation sites (tertiary alicyclic amines) is 1. The lowest BCUT2D eigenvalue weighted by atomic mass is 9.65. The molecule has 3 saturated heterocycles. The van der Waals surface area contributed by atoms with E-state index < -0.39 is 41.1 Å². The van der Waals surface area contributed by atoms with Gasteiger partial charge in [0.15, 0.2) is 0 Å². The second-order valence-corrected chi connectivity index (χ2v) is 10.0. The minimum Gasteiger partial charge on any atom is -0.481 e. The maximum Gasteiger partial charge on any atom is 0.310 e. The van der Waals surface area contributed by atoms with E-state index in [-0.39, 0.29) is 24.5 Å². The van der Waals surface area contributed by atoms with Gasteiger partial charge in [-0.05, 0) is 39.0 Å². The van der Waals surface area contributed by atoms with E-state index in [0.717, 1.165) is 32.1 Å². The van der Waals surface area contributed by atoms with Crippen LogP contribution in [-0.4, -0.2) is 80.3 Å². The zero-order valence-electron chi connectivity index (χ0n) is 19.2. The number of fused-ring (bicyclic) bond motifs is 1. The second kappa shape index (κ2) is 8.45. The molecule has 1 spiro atoms. The Balaban J connectivity index is 1.79. The van der Waals surface area contributed by atoms with Crippen LogP contribution in [0.25, 0.3) is 0 Å². The molecule has 0 aromatic carbocycles. The molecule has 3 aliphatic heterocycles. The molecule has 2 bridgehead atoms. The average molecular weight is 449 g/mol. The van der Waals surface area contributed by atoms with Gasteiger partial charge in [0.2, 0.25) is 11.8 Å². The summed E-state index contributed by atoms with van der Waals surface area (Å²) in [6.07, 6.45) is 8.24. The molecule has 2 unspecified atom stereocenters. The molecule has 1 aliphatic carbocycles. The first-order valence-electron chi connectivity index (χ1n) is 12.1. The number of hydrogen-bond acceptors (Lipinski definition) is 5. The Morgan fingerprint density at radius 1 is 1.31 bits per heavy atom. The number of hydrogen-bond donors (Lipinski definition) is 2. The summed E-state index contributed by atoms with van der Waals surface area (Å²) < 4.78 is 6.54. The predicted molar refractivity (Wildman–Crippen MR) is 117 cm³/mol. The Morgan fingerprint density at radius 2 is 2.00 bits per heavy atom. The van der Waals surface area contributed by atoms with Crippen LogP contribution in [-0.2, 0) is 19.1 Å². The maximum absolute atomic E-state index is 14.2. The monoisotopic (exact) mass is 448 g/mol. The fourth-order valence-electron chi connectivity index (χ4n) is 6.98. The van der Waals surface area contributed by atoms with Gasteiger partial charge in [-0.25, -0.2) is 0 Å². The van der Waals surface area contributed by atoms with Crippen molar-refractivity contribution in [2.24, 2.45) is 11.8 Å². The number of aliphatic carboxylic acids is 1. The van der Waals surface area contributed by atoms with Gasteiger partial charge < -0.3 is 24.7 Å². The van der Waals surface area contributed by atoms with Gasteiger partial charge in [-0.3, -0.25) is 14.4 Å². The number of amides is 2. The summed E-state index contributed by atoms with van der Waals surface area (Å²) >= 11 is 0. The summed E-state index contributed by atoms with van der Waals surface area (Å²) in [6.45, 7) is 7.49. The van der Waals surface area contributed by atoms with Gasteiger partial charge in [0.1, 0.15) is 17.6 Å². The number of ether oxygens (including phenoxy) is 1. The molecule has 2 amide bonds. The summed E-state index contributed by atoms with van der Waals surface area (Å²) in [7, 11) is 0. The van der Waals surface area contributed by atoms with Crippen molar-refractivity contribution in [3.8, 4) is 0 Å². The van der Waals surface area contributed by atoms with Crippen molar-refractivity contribution in [2.45, 2.75) is 94.5 Å². The van der Waals surface area contributed by atoms with Crippen LogP contribution in [0, 0.1) is 11.8 Å². The molecule has 3 heterocycles. The lowest BCUT2D eigenvalue weighted by Gasteiger charge is -2.42. The molecule has 32 heavy (non-hydrogen) atoms. The first-order chi connectivity index (χ1) is 15.3. The van der Waals surface area contributed by atoms with Gasteiger partial charge in [0.05, 0.1) is 24.2 Å². The number of carbonyl (C=O) groups excluding carboxylic acids is 2. The van der Waals surface area contributed by atoms with E-state index in [1.54, 1.807) is 13.0 Å². The molecule has 8 heteroatoms. The van der Waals surface area contributed by atoms with Crippen LogP contribution in [0.3, 0.4) is 0 Å². The van der Waals surface area contributed by atoms with E-state index in [9.17, 15) is 24.6 Å². The lowest BCUT2D eigenvalue weighted by Crippen LogP contribution is -2.60.